The number of nitrogens with zero attached hydrogens (tertiary/aromatic N) is 2. The zero-order valence-corrected chi connectivity index (χ0v) is 11.8. The van der Waals surface area contributed by atoms with Gasteiger partial charge in [-0.2, -0.15) is 0 Å². The second-order valence-corrected chi connectivity index (χ2v) is 5.05. The van der Waals surface area contributed by atoms with Gasteiger partial charge in [0.15, 0.2) is 5.82 Å². The molecule has 4 aromatic rings. The Morgan fingerprint density at radius 2 is 1.74 bits per heavy atom. The van der Waals surface area contributed by atoms with Crippen LogP contribution in [0.5, 0.6) is 0 Å². The lowest BCUT2D eigenvalue weighted by molar-refractivity contribution is 0.569. The Bertz CT molecular complexity index is 1100. The molecule has 5 nitrogen and oxygen atoms in total. The largest absolute Gasteiger partial charge is 0.422 e. The summed E-state index contributed by atoms with van der Waals surface area (Å²) >= 11 is 0. The van der Waals surface area contributed by atoms with Gasteiger partial charge >= 0.3 is 5.63 Å². The van der Waals surface area contributed by atoms with Gasteiger partial charge in [0, 0.05) is 10.9 Å². The minimum Gasteiger partial charge on any atom is -0.422 e. The zero-order chi connectivity index (χ0) is 16.0. The molecule has 0 radical (unpaired) electrons. The second-order valence-electron chi connectivity index (χ2n) is 5.05. The van der Waals surface area contributed by atoms with Crippen LogP contribution in [0.25, 0.3) is 33.3 Å². The summed E-state index contributed by atoms with van der Waals surface area (Å²) in [6.45, 7) is 0. The molecule has 0 aliphatic heterocycles. The number of hydrogen-bond acceptors (Lipinski definition) is 5. The fourth-order valence-electron chi connectivity index (χ4n) is 2.50. The highest BCUT2D eigenvalue weighted by Crippen LogP contribution is 2.26. The molecule has 0 unspecified atom stereocenters. The van der Waals surface area contributed by atoms with Gasteiger partial charge in [-0.05, 0) is 36.4 Å². The van der Waals surface area contributed by atoms with Crippen molar-refractivity contribution in [3.63, 3.8) is 0 Å². The monoisotopic (exact) mass is 307 g/mol. The molecule has 6 heteroatoms. The summed E-state index contributed by atoms with van der Waals surface area (Å²) in [4.78, 5) is 20.7. The first-order valence-electron chi connectivity index (χ1n) is 6.88. The zero-order valence-electron chi connectivity index (χ0n) is 11.8. The standard InChI is InChI=1S/C17H10FN3O2/c18-10-7-5-9(6-8-10)16-20-14-11-3-1-2-4-12(11)23-17(22)13(14)15(19)21-16/h1-8H,(H2,19,20,21). The van der Waals surface area contributed by atoms with Crippen LogP contribution in [0.15, 0.2) is 57.7 Å². The van der Waals surface area contributed by atoms with Crippen molar-refractivity contribution in [1.29, 1.82) is 0 Å². The van der Waals surface area contributed by atoms with Gasteiger partial charge < -0.3 is 10.2 Å². The molecule has 0 aliphatic carbocycles. The number of benzene rings is 2. The van der Waals surface area contributed by atoms with E-state index in [9.17, 15) is 9.18 Å². The van der Waals surface area contributed by atoms with Gasteiger partial charge in [-0.15, -0.1) is 0 Å². The molecule has 0 bridgehead atoms. The van der Waals surface area contributed by atoms with Crippen LogP contribution >= 0.6 is 0 Å². The third-order valence-corrected chi connectivity index (χ3v) is 3.59. The van der Waals surface area contributed by atoms with Crippen LogP contribution in [0.4, 0.5) is 10.2 Å². The quantitative estimate of drug-likeness (QED) is 0.431. The van der Waals surface area contributed by atoms with E-state index in [0.29, 0.717) is 27.9 Å². The molecule has 2 aromatic carbocycles. The summed E-state index contributed by atoms with van der Waals surface area (Å²) in [6, 6.07) is 12.8. The second kappa shape index (κ2) is 4.88. The lowest BCUT2D eigenvalue weighted by atomic mass is 10.1. The van der Waals surface area contributed by atoms with Crippen LogP contribution in [-0.2, 0) is 0 Å². The molecular weight excluding hydrogens is 297 g/mol. The van der Waals surface area contributed by atoms with E-state index < -0.39 is 5.63 Å². The van der Waals surface area contributed by atoms with Gasteiger partial charge in [-0.25, -0.2) is 19.2 Å². The minimum absolute atomic E-state index is 0.0360. The number of para-hydroxylation sites is 1. The third kappa shape index (κ3) is 2.12. The Morgan fingerprint density at radius 3 is 2.52 bits per heavy atom. The molecule has 0 saturated heterocycles. The fourth-order valence-corrected chi connectivity index (χ4v) is 2.50. The molecule has 2 heterocycles. The average molecular weight is 307 g/mol. The van der Waals surface area contributed by atoms with E-state index in [1.165, 1.54) is 12.1 Å². The summed E-state index contributed by atoms with van der Waals surface area (Å²) in [7, 11) is 0. The Labute approximate surface area is 129 Å². The molecule has 0 fully saturated rings. The number of halogens is 1. The maximum absolute atomic E-state index is 13.1. The van der Waals surface area contributed by atoms with Crippen molar-refractivity contribution in [2.45, 2.75) is 0 Å². The Balaban J connectivity index is 2.11. The first kappa shape index (κ1) is 13.4. The summed E-state index contributed by atoms with van der Waals surface area (Å²) in [5.74, 6) is 0.00758. The lowest BCUT2D eigenvalue weighted by Gasteiger charge is -2.07. The lowest BCUT2D eigenvalue weighted by Crippen LogP contribution is -2.08. The van der Waals surface area contributed by atoms with Crippen LogP contribution in [0, 0.1) is 5.82 Å². The summed E-state index contributed by atoms with van der Waals surface area (Å²) in [6.07, 6.45) is 0. The SMILES string of the molecule is Nc1nc(-c2ccc(F)cc2)nc2c1c(=O)oc1ccccc12. The van der Waals surface area contributed by atoms with Gasteiger partial charge in [0.25, 0.3) is 0 Å². The predicted molar refractivity (Wildman–Crippen MR) is 85.4 cm³/mol. The van der Waals surface area contributed by atoms with Crippen LogP contribution in [0.1, 0.15) is 0 Å². The highest BCUT2D eigenvalue weighted by Gasteiger charge is 2.15. The van der Waals surface area contributed by atoms with E-state index in [0.717, 1.165) is 0 Å². The van der Waals surface area contributed by atoms with Crippen molar-refractivity contribution >= 4 is 27.7 Å². The summed E-state index contributed by atoms with van der Waals surface area (Å²) in [5.41, 5.74) is 6.80. The molecule has 0 aliphatic rings. The van der Waals surface area contributed by atoms with E-state index in [4.69, 9.17) is 10.2 Å². The molecule has 2 N–H and O–H groups in total. The smallest absolute Gasteiger partial charge is 0.349 e. The number of fused-ring (bicyclic) bond motifs is 3. The van der Waals surface area contributed by atoms with E-state index >= 15 is 0 Å². The highest BCUT2D eigenvalue weighted by molar-refractivity contribution is 6.05. The average Bonchev–Trinajstić information content (AvgIpc) is 2.55. The predicted octanol–water partition coefficient (Wildman–Crippen LogP) is 3.12. The topological polar surface area (TPSA) is 82.0 Å². The first-order valence-corrected chi connectivity index (χ1v) is 6.88. The van der Waals surface area contributed by atoms with Crippen LogP contribution < -0.4 is 11.4 Å². The van der Waals surface area contributed by atoms with Crippen molar-refractivity contribution in [2.24, 2.45) is 0 Å². The molecule has 0 saturated carbocycles. The fraction of sp³-hybridized carbons (Fsp3) is 0. The number of anilines is 1. The number of nitrogen functional groups attached to an aromatic ring is 1. The molecular formula is C17H10FN3O2. The van der Waals surface area contributed by atoms with Gasteiger partial charge in [-0.3, -0.25) is 0 Å². The highest BCUT2D eigenvalue weighted by atomic mass is 19.1. The van der Waals surface area contributed by atoms with Crippen LogP contribution in [-0.4, -0.2) is 9.97 Å². The van der Waals surface area contributed by atoms with E-state index in [-0.39, 0.29) is 17.0 Å². The molecule has 0 spiro atoms. The maximum Gasteiger partial charge on any atom is 0.349 e. The van der Waals surface area contributed by atoms with Gasteiger partial charge in [0.1, 0.15) is 22.6 Å². The minimum atomic E-state index is -0.582. The van der Waals surface area contributed by atoms with Crippen LogP contribution in [0.2, 0.25) is 0 Å². The van der Waals surface area contributed by atoms with E-state index in [1.807, 2.05) is 6.07 Å². The van der Waals surface area contributed by atoms with Gasteiger partial charge in [0.2, 0.25) is 0 Å². The van der Waals surface area contributed by atoms with Gasteiger partial charge in [-0.1, -0.05) is 12.1 Å². The molecule has 2 aromatic heterocycles. The maximum atomic E-state index is 13.1. The van der Waals surface area contributed by atoms with Crippen molar-refractivity contribution in [1.82, 2.24) is 9.97 Å². The number of nitrogens with two attached hydrogens (primary N) is 1. The first-order chi connectivity index (χ1) is 11.1. The van der Waals surface area contributed by atoms with Crippen LogP contribution in [0.3, 0.4) is 0 Å². The molecule has 112 valence electrons. The number of hydrogen-bond donors (Lipinski definition) is 1. The van der Waals surface area contributed by atoms with E-state index in [1.54, 1.807) is 30.3 Å². The number of rotatable bonds is 1. The van der Waals surface area contributed by atoms with Crippen molar-refractivity contribution in [2.75, 3.05) is 5.73 Å². The Morgan fingerprint density at radius 1 is 1.00 bits per heavy atom. The number of aromatic nitrogens is 2. The molecule has 4 rings (SSSR count). The van der Waals surface area contributed by atoms with E-state index in [2.05, 4.69) is 9.97 Å². The molecule has 23 heavy (non-hydrogen) atoms. The van der Waals surface area contributed by atoms with Crippen molar-refractivity contribution < 1.29 is 8.81 Å². The summed E-state index contributed by atoms with van der Waals surface area (Å²) < 4.78 is 18.3. The normalized spacial score (nSPS) is 11.2. The molecule has 0 atom stereocenters. The molecule has 0 amide bonds. The van der Waals surface area contributed by atoms with Gasteiger partial charge in [0.05, 0.1) is 5.52 Å². The summed E-state index contributed by atoms with van der Waals surface area (Å²) in [5, 5.41) is 0.814. The Kier molecular flexibility index (Phi) is 2.84. The van der Waals surface area contributed by atoms with Crippen molar-refractivity contribution in [3.05, 3.63) is 64.8 Å². The van der Waals surface area contributed by atoms with Crippen molar-refractivity contribution in [3.8, 4) is 11.4 Å². The Hall–Kier alpha value is -3.28. The third-order valence-electron chi connectivity index (χ3n) is 3.59.